The van der Waals surface area contributed by atoms with E-state index in [9.17, 15) is 22.8 Å². The van der Waals surface area contributed by atoms with Gasteiger partial charge in [0, 0.05) is 36.4 Å². The van der Waals surface area contributed by atoms with Gasteiger partial charge in [0.05, 0.1) is 42.2 Å². The van der Waals surface area contributed by atoms with Gasteiger partial charge in [-0.05, 0) is 114 Å². The van der Waals surface area contributed by atoms with Crippen molar-refractivity contribution in [3.05, 3.63) is 36.4 Å². The highest BCUT2D eigenvalue weighted by atomic mass is 32.2. The van der Waals surface area contributed by atoms with E-state index in [1.54, 1.807) is 20.1 Å². The summed E-state index contributed by atoms with van der Waals surface area (Å²) < 4.78 is 69.2. The molecule has 0 bridgehead atoms. The fourth-order valence-corrected chi connectivity index (χ4v) is 9.72. The molecule has 0 spiro atoms. The van der Waals surface area contributed by atoms with E-state index in [1.165, 1.54) is 18.7 Å². The van der Waals surface area contributed by atoms with E-state index in [0.29, 0.717) is 42.6 Å². The molecule has 2 aliphatic carbocycles. The molecule has 1 aromatic carbocycles. The number of aromatic nitrogens is 1. The number of rotatable bonds is 9. The number of nitrogens with zero attached hydrogens (tertiary/aromatic N) is 3. The quantitative estimate of drug-likeness (QED) is 0.234. The molecule has 3 fully saturated rings. The number of benzene rings is 1. The SMILES string of the molecule is [2H]C([2H])([2H])C(C)(C)OC(=O)C[C@@H]1C(=O)N2C[C@H](Oc3nc(N(C)C)cc4cc(OC)ccc34)C[C@H]2C(=O)C[C@]2(C(=O)NS(=O)(=O)C3(C)CC3)C[C@H]2/C=C\CC[C@@H](C)C[C@H]1C. The highest BCUT2D eigenvalue weighted by molar-refractivity contribution is 7.91. The number of esters is 1. The zero-order valence-corrected chi connectivity index (χ0v) is 35.2. The maximum atomic E-state index is 15.1. The lowest BCUT2D eigenvalue weighted by Crippen LogP contribution is -2.48. The zero-order valence-electron chi connectivity index (χ0n) is 37.4. The first kappa shape index (κ1) is 38.3. The van der Waals surface area contributed by atoms with Crippen molar-refractivity contribution in [1.82, 2.24) is 14.6 Å². The van der Waals surface area contributed by atoms with Gasteiger partial charge in [0.1, 0.15) is 23.3 Å². The fraction of sp³-hybridized carbons (Fsp3) is 0.651. The van der Waals surface area contributed by atoms with E-state index in [2.05, 4.69) is 11.6 Å². The van der Waals surface area contributed by atoms with Gasteiger partial charge in [-0.25, -0.2) is 8.42 Å². The maximum Gasteiger partial charge on any atom is 0.307 e. The van der Waals surface area contributed by atoms with Gasteiger partial charge in [-0.1, -0.05) is 26.0 Å². The molecule has 3 heterocycles. The van der Waals surface area contributed by atoms with Crippen LogP contribution in [-0.2, 0) is 33.9 Å². The minimum atomic E-state index is -4.00. The smallest absolute Gasteiger partial charge is 0.307 e. The van der Waals surface area contributed by atoms with Crippen LogP contribution in [0.1, 0.15) is 103 Å². The summed E-state index contributed by atoms with van der Waals surface area (Å²) in [4.78, 5) is 65.5. The van der Waals surface area contributed by atoms with E-state index in [1.807, 2.05) is 56.3 Å². The first-order chi connectivity index (χ1) is 27.9. The van der Waals surface area contributed by atoms with E-state index in [-0.39, 0.29) is 49.4 Å². The Morgan fingerprint density at radius 3 is 2.54 bits per heavy atom. The summed E-state index contributed by atoms with van der Waals surface area (Å²) in [7, 11) is 1.26. The minimum Gasteiger partial charge on any atom is -0.497 e. The lowest BCUT2D eigenvalue weighted by atomic mass is 9.82. The molecule has 0 unspecified atom stereocenters. The summed E-state index contributed by atoms with van der Waals surface area (Å²) in [5, 5.41) is 1.47. The third-order valence-corrected chi connectivity index (χ3v) is 14.4. The average molecular weight is 812 g/mol. The Morgan fingerprint density at radius 2 is 1.88 bits per heavy atom. The van der Waals surface area contributed by atoms with Crippen LogP contribution in [0.3, 0.4) is 0 Å². The van der Waals surface area contributed by atoms with Gasteiger partial charge in [-0.2, -0.15) is 4.98 Å². The second kappa shape index (κ2) is 15.9. The molecular formula is C43H60N4O9S. The second-order valence-corrected chi connectivity index (χ2v) is 20.1. The predicted molar refractivity (Wildman–Crippen MR) is 217 cm³/mol. The van der Waals surface area contributed by atoms with E-state index >= 15 is 4.79 Å². The largest absolute Gasteiger partial charge is 0.497 e. The fourth-order valence-electron chi connectivity index (χ4n) is 8.39. The summed E-state index contributed by atoms with van der Waals surface area (Å²) in [6.45, 7) is 5.46. The van der Waals surface area contributed by atoms with Gasteiger partial charge in [0.25, 0.3) is 0 Å². The molecule has 0 radical (unpaired) electrons. The number of carbonyl (C=O) groups excluding carboxylic acids is 4. The van der Waals surface area contributed by atoms with Crippen molar-refractivity contribution in [3.63, 3.8) is 0 Å². The Bertz CT molecular complexity index is 2160. The highest BCUT2D eigenvalue weighted by Crippen LogP contribution is 2.58. The third kappa shape index (κ3) is 9.26. The van der Waals surface area contributed by atoms with Gasteiger partial charge >= 0.3 is 5.97 Å². The molecule has 2 amide bonds. The molecular weight excluding hydrogens is 749 g/mol. The molecule has 1 aromatic heterocycles. The Kier molecular flexibility index (Phi) is 10.7. The number of fused-ring (bicyclic) bond motifs is 3. The summed E-state index contributed by atoms with van der Waals surface area (Å²) in [5.74, 6) is -2.62. The monoisotopic (exact) mass is 811 g/mol. The number of carbonyl (C=O) groups is 4. The van der Waals surface area contributed by atoms with Crippen LogP contribution in [0.25, 0.3) is 10.8 Å². The van der Waals surface area contributed by atoms with E-state index in [0.717, 1.165) is 11.8 Å². The first-order valence-corrected chi connectivity index (χ1v) is 21.5. The number of sulfonamides is 1. The number of methoxy groups -OCH3 is 1. The number of amides is 2. The van der Waals surface area contributed by atoms with Crippen LogP contribution in [0.2, 0.25) is 0 Å². The Labute approximate surface area is 341 Å². The molecule has 1 saturated heterocycles. The summed E-state index contributed by atoms with van der Waals surface area (Å²) in [5.41, 5.74) is -3.15. The highest BCUT2D eigenvalue weighted by Gasteiger charge is 2.62. The van der Waals surface area contributed by atoms with Crippen molar-refractivity contribution in [2.75, 3.05) is 32.6 Å². The van der Waals surface area contributed by atoms with Gasteiger partial charge < -0.3 is 24.0 Å². The van der Waals surface area contributed by atoms with Crippen LogP contribution in [0, 0.1) is 29.1 Å². The predicted octanol–water partition coefficient (Wildman–Crippen LogP) is 5.98. The molecule has 2 aromatic rings. The van der Waals surface area contributed by atoms with Crippen LogP contribution in [-0.4, -0.2) is 92.1 Å². The Balaban J connectivity index is 1.38. The minimum absolute atomic E-state index is 0.0404. The van der Waals surface area contributed by atoms with Crippen molar-refractivity contribution >= 4 is 50.2 Å². The number of ether oxygens (including phenoxy) is 3. The second-order valence-electron chi connectivity index (χ2n) is 17.9. The van der Waals surface area contributed by atoms with Gasteiger partial charge in [0.2, 0.25) is 27.7 Å². The lowest BCUT2D eigenvalue weighted by molar-refractivity contribution is -0.160. The van der Waals surface area contributed by atoms with Crippen LogP contribution < -0.4 is 19.1 Å². The number of hydrogen-bond acceptors (Lipinski definition) is 11. The molecule has 2 aliphatic heterocycles. The lowest BCUT2D eigenvalue weighted by Gasteiger charge is -2.32. The number of hydrogen-bond donors (Lipinski definition) is 1. The molecule has 57 heavy (non-hydrogen) atoms. The number of nitrogens with one attached hydrogen (secondary N) is 1. The van der Waals surface area contributed by atoms with Crippen LogP contribution >= 0.6 is 0 Å². The molecule has 14 heteroatoms. The van der Waals surface area contributed by atoms with Gasteiger partial charge in [0.15, 0.2) is 5.78 Å². The number of pyridine rings is 1. The third-order valence-electron chi connectivity index (χ3n) is 12.3. The zero-order chi connectivity index (χ0) is 44.2. The molecule has 6 rings (SSSR count). The van der Waals surface area contributed by atoms with Crippen molar-refractivity contribution < 1.29 is 45.9 Å². The number of allylic oxidation sites excluding steroid dienone is 2. The Hall–Kier alpha value is -4.20. The number of Topliss-reactive ketones (excluding diaryl/α,β-unsaturated/α-hetero) is 1. The number of anilines is 1. The van der Waals surface area contributed by atoms with E-state index < -0.39 is 80.7 Å². The number of ketones is 1. The van der Waals surface area contributed by atoms with Gasteiger partial charge in [-0.3, -0.25) is 23.9 Å². The molecule has 312 valence electrons. The topological polar surface area (TPSA) is 162 Å². The van der Waals surface area contributed by atoms with Crippen molar-refractivity contribution in [2.24, 2.45) is 29.1 Å². The summed E-state index contributed by atoms with van der Waals surface area (Å²) >= 11 is 0. The summed E-state index contributed by atoms with van der Waals surface area (Å²) in [6.07, 6.45) is 5.50. The van der Waals surface area contributed by atoms with Crippen LogP contribution in [0.4, 0.5) is 5.82 Å². The van der Waals surface area contributed by atoms with Crippen molar-refractivity contribution in [1.29, 1.82) is 0 Å². The average Bonchev–Trinajstić information content (AvgIpc) is 4.04. The van der Waals surface area contributed by atoms with Crippen molar-refractivity contribution in [2.45, 2.75) is 122 Å². The van der Waals surface area contributed by atoms with Crippen LogP contribution in [0.5, 0.6) is 11.6 Å². The van der Waals surface area contributed by atoms with E-state index in [4.69, 9.17) is 23.3 Å². The Morgan fingerprint density at radius 1 is 1.14 bits per heavy atom. The van der Waals surface area contributed by atoms with Crippen LogP contribution in [0.15, 0.2) is 36.4 Å². The first-order valence-electron chi connectivity index (χ1n) is 21.5. The van der Waals surface area contributed by atoms with Gasteiger partial charge in [-0.15, -0.1) is 0 Å². The molecule has 7 atom stereocenters. The standard InChI is InChI=1S/C43H60N4O9S/c1-26-12-10-11-13-29-23-43(29,40(51)45-57(52,53)42(6)16-17-42)24-35(48)34-21-31(25-47(34)39(50)33(27(2)18-26)22-37(49)56-41(3,4)5)55-38-32-15-14-30(54-9)19-28(32)20-36(44-38)46(7)8/h11,13-15,19-20,26-27,29,31,33-34H,10,12,16-18,21-25H2,1-9H3,(H,45,51)/b13-11-/t26-,27-,29-,31-,33+,34+,43-/m1/s1/i3D3. The van der Waals surface area contributed by atoms with Crippen molar-refractivity contribution in [3.8, 4) is 11.6 Å². The molecule has 13 nitrogen and oxygen atoms in total. The summed E-state index contributed by atoms with van der Waals surface area (Å²) in [6, 6.07) is 6.27. The molecule has 1 N–H and O–H groups in total. The molecule has 2 saturated carbocycles. The maximum absolute atomic E-state index is 15.1. The molecule has 4 aliphatic rings. The normalized spacial score (nSPS) is 30.6.